The van der Waals surface area contributed by atoms with Gasteiger partial charge < -0.3 is 0 Å². The van der Waals surface area contributed by atoms with E-state index in [1.165, 1.54) is 0 Å². The number of aryl methyl sites for hydroxylation is 2. The summed E-state index contributed by atoms with van der Waals surface area (Å²) in [5.74, 6) is 0.00725. The van der Waals surface area contributed by atoms with E-state index in [2.05, 4.69) is 28.0 Å². The summed E-state index contributed by atoms with van der Waals surface area (Å²) in [5, 5.41) is 4.18. The summed E-state index contributed by atoms with van der Waals surface area (Å²) in [6.45, 7) is 4.83. The number of carbonyl (C=O) groups excluding carboxylic acids is 1. The normalized spacial score (nSPS) is 10.6. The molecule has 1 heterocycles. The van der Waals surface area contributed by atoms with E-state index < -0.39 is 0 Å². The molecule has 0 saturated carbocycles. The predicted octanol–water partition coefficient (Wildman–Crippen LogP) is 3.60. The average Bonchev–Trinajstić information content (AvgIpc) is 2.77. The maximum atomic E-state index is 12.4. The maximum Gasteiger partial charge on any atom is 0.212 e. The summed E-state index contributed by atoms with van der Waals surface area (Å²) in [7, 11) is 0. The summed E-state index contributed by atoms with van der Waals surface area (Å²) in [5.41, 5.74) is 2.44. The number of hydrogen-bond acceptors (Lipinski definition) is 2. The lowest BCUT2D eigenvalue weighted by molar-refractivity contribution is 0.102. The number of carbonyl (C=O) groups is 1. The van der Waals surface area contributed by atoms with Crippen molar-refractivity contribution >= 4 is 21.7 Å². The molecule has 0 radical (unpaired) electrons. The Morgan fingerprint density at radius 2 is 2.17 bits per heavy atom. The third kappa shape index (κ3) is 2.53. The Labute approximate surface area is 115 Å². The summed E-state index contributed by atoms with van der Waals surface area (Å²) >= 11 is 3.45. The molecule has 0 aliphatic heterocycles. The fourth-order valence-electron chi connectivity index (χ4n) is 1.86. The second-order valence-electron chi connectivity index (χ2n) is 4.25. The van der Waals surface area contributed by atoms with Gasteiger partial charge in [-0.05, 0) is 37.1 Å². The highest BCUT2D eigenvalue weighted by Gasteiger charge is 2.16. The molecule has 0 fully saturated rings. The van der Waals surface area contributed by atoms with Crippen LogP contribution < -0.4 is 0 Å². The first-order valence-electron chi connectivity index (χ1n) is 5.96. The Morgan fingerprint density at radius 1 is 1.39 bits per heavy atom. The molecule has 18 heavy (non-hydrogen) atoms. The molecule has 0 spiro atoms. The van der Waals surface area contributed by atoms with Crippen molar-refractivity contribution in [2.24, 2.45) is 0 Å². The van der Waals surface area contributed by atoms with Gasteiger partial charge in [0.1, 0.15) is 5.69 Å². The molecule has 0 atom stereocenters. The lowest BCUT2D eigenvalue weighted by atomic mass is 10.1. The Balaban J connectivity index is 2.38. The van der Waals surface area contributed by atoms with E-state index in [9.17, 15) is 4.79 Å². The van der Waals surface area contributed by atoms with Crippen LogP contribution in [0.3, 0.4) is 0 Å². The third-order valence-electron chi connectivity index (χ3n) is 2.75. The highest BCUT2D eigenvalue weighted by molar-refractivity contribution is 9.10. The van der Waals surface area contributed by atoms with Crippen LogP contribution in [0.2, 0.25) is 0 Å². The zero-order valence-electron chi connectivity index (χ0n) is 10.5. The zero-order chi connectivity index (χ0) is 13.1. The Kier molecular flexibility index (Phi) is 3.97. The molecule has 0 aliphatic rings. The van der Waals surface area contributed by atoms with Gasteiger partial charge in [-0.3, -0.25) is 9.48 Å². The first-order valence-corrected chi connectivity index (χ1v) is 6.75. The molecule has 1 aromatic heterocycles. The van der Waals surface area contributed by atoms with E-state index in [1.807, 2.05) is 25.1 Å². The van der Waals surface area contributed by atoms with Gasteiger partial charge in [-0.2, -0.15) is 5.10 Å². The molecule has 3 nitrogen and oxygen atoms in total. The van der Waals surface area contributed by atoms with Gasteiger partial charge in [0.2, 0.25) is 5.78 Å². The highest BCUT2D eigenvalue weighted by Crippen LogP contribution is 2.21. The number of rotatable bonds is 4. The molecule has 1 aromatic carbocycles. The van der Waals surface area contributed by atoms with Crippen LogP contribution >= 0.6 is 15.9 Å². The first kappa shape index (κ1) is 13.0. The SMILES string of the molecule is CCCn1nccc1C(=O)c1ccc(C)cc1Br. The minimum atomic E-state index is 0.00725. The second kappa shape index (κ2) is 5.48. The van der Waals surface area contributed by atoms with E-state index in [-0.39, 0.29) is 5.78 Å². The van der Waals surface area contributed by atoms with Crippen molar-refractivity contribution < 1.29 is 4.79 Å². The van der Waals surface area contributed by atoms with Crippen LogP contribution in [0, 0.1) is 6.92 Å². The minimum absolute atomic E-state index is 0.00725. The average molecular weight is 307 g/mol. The largest absolute Gasteiger partial charge is 0.287 e. The molecule has 4 heteroatoms. The van der Waals surface area contributed by atoms with E-state index in [0.717, 1.165) is 23.0 Å². The number of benzene rings is 1. The standard InChI is InChI=1S/C14H15BrN2O/c1-3-8-17-13(6-7-16-17)14(18)11-5-4-10(2)9-12(11)15/h4-7,9H,3,8H2,1-2H3. The molecule has 0 saturated heterocycles. The number of hydrogen-bond donors (Lipinski definition) is 0. The fourth-order valence-corrected chi connectivity index (χ4v) is 2.53. The minimum Gasteiger partial charge on any atom is -0.287 e. The zero-order valence-corrected chi connectivity index (χ0v) is 12.1. The molecule has 2 rings (SSSR count). The van der Waals surface area contributed by atoms with Gasteiger partial charge in [0.25, 0.3) is 0 Å². The Morgan fingerprint density at radius 3 is 2.83 bits per heavy atom. The number of halogens is 1. The van der Waals surface area contributed by atoms with E-state index >= 15 is 0 Å². The molecule has 94 valence electrons. The van der Waals surface area contributed by atoms with E-state index in [1.54, 1.807) is 16.9 Å². The van der Waals surface area contributed by atoms with Crippen molar-refractivity contribution in [3.8, 4) is 0 Å². The summed E-state index contributed by atoms with van der Waals surface area (Å²) in [4.78, 5) is 12.4. The van der Waals surface area contributed by atoms with Gasteiger partial charge in [-0.25, -0.2) is 0 Å². The van der Waals surface area contributed by atoms with Crippen molar-refractivity contribution in [2.45, 2.75) is 26.8 Å². The molecule has 0 amide bonds. The topological polar surface area (TPSA) is 34.9 Å². The monoisotopic (exact) mass is 306 g/mol. The van der Waals surface area contributed by atoms with Crippen LogP contribution in [0.15, 0.2) is 34.9 Å². The maximum absolute atomic E-state index is 12.4. The van der Waals surface area contributed by atoms with Gasteiger partial charge in [-0.15, -0.1) is 0 Å². The molecule has 0 N–H and O–H groups in total. The molecule has 0 unspecified atom stereocenters. The number of ketones is 1. The van der Waals surface area contributed by atoms with Gasteiger partial charge in [0, 0.05) is 22.8 Å². The Bertz CT molecular complexity index is 575. The van der Waals surface area contributed by atoms with Crippen LogP contribution in [-0.4, -0.2) is 15.6 Å². The lowest BCUT2D eigenvalue weighted by Crippen LogP contribution is -2.12. The van der Waals surface area contributed by atoms with Crippen LogP contribution in [0.25, 0.3) is 0 Å². The molecular formula is C14H15BrN2O. The van der Waals surface area contributed by atoms with Crippen LogP contribution in [0.5, 0.6) is 0 Å². The van der Waals surface area contributed by atoms with Gasteiger partial charge in [0.15, 0.2) is 0 Å². The number of nitrogens with zero attached hydrogens (tertiary/aromatic N) is 2. The van der Waals surface area contributed by atoms with E-state index in [0.29, 0.717) is 11.3 Å². The van der Waals surface area contributed by atoms with Crippen LogP contribution in [0.1, 0.15) is 35.0 Å². The number of aromatic nitrogens is 2. The second-order valence-corrected chi connectivity index (χ2v) is 5.11. The first-order chi connectivity index (χ1) is 8.63. The molecule has 0 bridgehead atoms. The van der Waals surface area contributed by atoms with Gasteiger partial charge in [0.05, 0.1) is 0 Å². The quantitative estimate of drug-likeness (QED) is 0.809. The van der Waals surface area contributed by atoms with Gasteiger partial charge >= 0.3 is 0 Å². The van der Waals surface area contributed by atoms with Crippen LogP contribution in [-0.2, 0) is 6.54 Å². The van der Waals surface area contributed by atoms with Crippen molar-refractivity contribution in [3.63, 3.8) is 0 Å². The Hall–Kier alpha value is -1.42. The smallest absolute Gasteiger partial charge is 0.212 e. The lowest BCUT2D eigenvalue weighted by Gasteiger charge is -2.07. The van der Waals surface area contributed by atoms with Crippen molar-refractivity contribution in [1.29, 1.82) is 0 Å². The van der Waals surface area contributed by atoms with Crippen molar-refractivity contribution in [3.05, 3.63) is 51.8 Å². The van der Waals surface area contributed by atoms with Crippen LogP contribution in [0.4, 0.5) is 0 Å². The summed E-state index contributed by atoms with van der Waals surface area (Å²) < 4.78 is 2.59. The third-order valence-corrected chi connectivity index (χ3v) is 3.41. The highest BCUT2D eigenvalue weighted by atomic mass is 79.9. The van der Waals surface area contributed by atoms with Crippen molar-refractivity contribution in [1.82, 2.24) is 9.78 Å². The summed E-state index contributed by atoms with van der Waals surface area (Å²) in [6.07, 6.45) is 2.63. The molecular weight excluding hydrogens is 292 g/mol. The summed E-state index contributed by atoms with van der Waals surface area (Å²) in [6, 6.07) is 7.52. The molecule has 0 aliphatic carbocycles. The van der Waals surface area contributed by atoms with E-state index in [4.69, 9.17) is 0 Å². The molecule has 2 aromatic rings. The van der Waals surface area contributed by atoms with Gasteiger partial charge in [-0.1, -0.05) is 28.9 Å². The van der Waals surface area contributed by atoms with Crippen molar-refractivity contribution in [2.75, 3.05) is 0 Å². The predicted molar refractivity (Wildman–Crippen MR) is 74.8 cm³/mol. The fraction of sp³-hybridized carbons (Fsp3) is 0.286.